The van der Waals surface area contributed by atoms with Gasteiger partial charge in [0.15, 0.2) is 6.10 Å². The normalized spacial score (nSPS) is 11.9. The Morgan fingerprint density at radius 2 is 1.86 bits per heavy atom. The second-order valence-corrected chi connectivity index (χ2v) is 5.89. The first kappa shape index (κ1) is 17.5. The van der Waals surface area contributed by atoms with Gasteiger partial charge in [0.1, 0.15) is 18.5 Å². The van der Waals surface area contributed by atoms with E-state index in [1.807, 2.05) is 0 Å². The van der Waals surface area contributed by atoms with E-state index in [4.69, 9.17) is 9.15 Å². The maximum Gasteiger partial charge on any atom is 0.338 e. The predicted molar refractivity (Wildman–Crippen MR) is 94.9 cm³/mol. The maximum atomic E-state index is 13.0. The van der Waals surface area contributed by atoms with Crippen LogP contribution >= 0.6 is 0 Å². The van der Waals surface area contributed by atoms with E-state index >= 15 is 0 Å². The second kappa shape index (κ2) is 7.39. The van der Waals surface area contributed by atoms with Crippen LogP contribution < -0.4 is 0 Å². The molecule has 4 rings (SSSR count). The molecule has 2 heterocycles. The number of carbonyl (C=O) groups is 1. The van der Waals surface area contributed by atoms with Crippen molar-refractivity contribution in [1.82, 2.24) is 25.0 Å². The SMILES string of the molecule is C[C@H](OC(=O)c1ccc(-n2cncn2)cc1)c1nnc(-c2ccc(F)cc2)o1. The molecule has 8 nitrogen and oxygen atoms in total. The quantitative estimate of drug-likeness (QED) is 0.491. The molecule has 0 unspecified atom stereocenters. The van der Waals surface area contributed by atoms with Gasteiger partial charge in [-0.2, -0.15) is 5.10 Å². The van der Waals surface area contributed by atoms with Gasteiger partial charge in [0.05, 0.1) is 11.3 Å². The first-order chi connectivity index (χ1) is 13.6. The Morgan fingerprint density at radius 1 is 1.11 bits per heavy atom. The molecule has 0 fully saturated rings. The third-order valence-corrected chi connectivity index (χ3v) is 3.95. The first-order valence-electron chi connectivity index (χ1n) is 8.35. The van der Waals surface area contributed by atoms with Crippen LogP contribution in [0.2, 0.25) is 0 Å². The molecule has 28 heavy (non-hydrogen) atoms. The Hall–Kier alpha value is -3.88. The summed E-state index contributed by atoms with van der Waals surface area (Å²) in [5.74, 6) is -0.526. The molecule has 0 amide bonds. The van der Waals surface area contributed by atoms with E-state index in [0.717, 1.165) is 5.69 Å². The van der Waals surface area contributed by atoms with Gasteiger partial charge in [0, 0.05) is 5.56 Å². The lowest BCUT2D eigenvalue weighted by Gasteiger charge is -2.09. The Bertz CT molecular complexity index is 1080. The summed E-state index contributed by atoms with van der Waals surface area (Å²) in [7, 11) is 0. The second-order valence-electron chi connectivity index (χ2n) is 5.89. The Kier molecular flexibility index (Phi) is 4.63. The van der Waals surface area contributed by atoms with Crippen molar-refractivity contribution in [1.29, 1.82) is 0 Å². The summed E-state index contributed by atoms with van der Waals surface area (Å²) >= 11 is 0. The molecule has 0 spiro atoms. The van der Waals surface area contributed by atoms with Crippen LogP contribution in [0.15, 0.2) is 65.6 Å². The van der Waals surface area contributed by atoms with E-state index in [2.05, 4.69) is 20.3 Å². The molecule has 140 valence electrons. The highest BCUT2D eigenvalue weighted by molar-refractivity contribution is 5.89. The lowest BCUT2D eigenvalue weighted by molar-refractivity contribution is 0.0280. The molecular formula is C19H14FN5O3. The molecule has 0 radical (unpaired) electrons. The van der Waals surface area contributed by atoms with Crippen molar-refractivity contribution in [3.8, 4) is 17.1 Å². The van der Waals surface area contributed by atoms with Crippen molar-refractivity contribution < 1.29 is 18.3 Å². The molecule has 0 saturated heterocycles. The van der Waals surface area contributed by atoms with Crippen LogP contribution in [0, 0.1) is 5.82 Å². The van der Waals surface area contributed by atoms with E-state index in [0.29, 0.717) is 11.1 Å². The van der Waals surface area contributed by atoms with Crippen LogP contribution in [-0.2, 0) is 4.74 Å². The fraction of sp³-hybridized carbons (Fsp3) is 0.105. The number of halogens is 1. The highest BCUT2D eigenvalue weighted by Crippen LogP contribution is 2.23. The van der Waals surface area contributed by atoms with Crippen LogP contribution in [0.1, 0.15) is 29.3 Å². The fourth-order valence-corrected chi connectivity index (χ4v) is 2.48. The van der Waals surface area contributed by atoms with Gasteiger partial charge in [-0.05, 0) is 55.5 Å². The van der Waals surface area contributed by atoms with Crippen LogP contribution in [0.4, 0.5) is 4.39 Å². The van der Waals surface area contributed by atoms with Crippen molar-refractivity contribution in [2.24, 2.45) is 0 Å². The van der Waals surface area contributed by atoms with Crippen molar-refractivity contribution in [2.45, 2.75) is 13.0 Å². The van der Waals surface area contributed by atoms with E-state index < -0.39 is 12.1 Å². The lowest BCUT2D eigenvalue weighted by atomic mass is 10.2. The summed E-state index contributed by atoms with van der Waals surface area (Å²) in [6.07, 6.45) is 2.24. The number of rotatable bonds is 5. The molecule has 0 aliphatic heterocycles. The van der Waals surface area contributed by atoms with E-state index in [1.54, 1.807) is 42.2 Å². The minimum Gasteiger partial charge on any atom is -0.449 e. The molecule has 4 aromatic rings. The van der Waals surface area contributed by atoms with Crippen molar-refractivity contribution in [3.05, 3.63) is 78.5 Å². The average molecular weight is 379 g/mol. The van der Waals surface area contributed by atoms with E-state index in [9.17, 15) is 9.18 Å². The molecule has 0 aliphatic carbocycles. The van der Waals surface area contributed by atoms with Gasteiger partial charge >= 0.3 is 5.97 Å². The molecule has 0 bridgehead atoms. The topological polar surface area (TPSA) is 95.9 Å². The zero-order chi connectivity index (χ0) is 19.5. The highest BCUT2D eigenvalue weighted by Gasteiger charge is 2.20. The van der Waals surface area contributed by atoms with Crippen LogP contribution in [0.3, 0.4) is 0 Å². The number of hydrogen-bond donors (Lipinski definition) is 0. The van der Waals surface area contributed by atoms with Crippen LogP contribution in [0.5, 0.6) is 0 Å². The first-order valence-corrected chi connectivity index (χ1v) is 8.35. The van der Waals surface area contributed by atoms with Gasteiger partial charge < -0.3 is 9.15 Å². The summed E-state index contributed by atoms with van der Waals surface area (Å²) < 4.78 is 25.5. The number of nitrogens with zero attached hydrogens (tertiary/aromatic N) is 5. The minimum absolute atomic E-state index is 0.145. The molecule has 0 saturated carbocycles. The number of aromatic nitrogens is 5. The standard InChI is InChI=1S/C19H14FN5O3/c1-12(17-23-24-18(28-17)13-2-6-15(20)7-3-13)27-19(26)14-4-8-16(9-5-14)25-11-21-10-22-25/h2-12H,1H3/t12-/m0/s1. The van der Waals surface area contributed by atoms with Crippen LogP contribution in [-0.4, -0.2) is 30.9 Å². The summed E-state index contributed by atoms with van der Waals surface area (Å²) in [4.78, 5) is 16.2. The van der Waals surface area contributed by atoms with Crippen molar-refractivity contribution in [2.75, 3.05) is 0 Å². The molecule has 1 atom stereocenters. The predicted octanol–water partition coefficient (Wildman–Crippen LogP) is 3.37. The fourth-order valence-electron chi connectivity index (χ4n) is 2.48. The number of ether oxygens (including phenoxy) is 1. The summed E-state index contributed by atoms with van der Waals surface area (Å²) in [5, 5.41) is 11.8. The van der Waals surface area contributed by atoms with Crippen molar-refractivity contribution in [3.63, 3.8) is 0 Å². The molecule has 2 aromatic heterocycles. The third-order valence-electron chi connectivity index (χ3n) is 3.95. The Balaban J connectivity index is 1.44. The van der Waals surface area contributed by atoms with E-state index in [1.165, 1.54) is 30.6 Å². The third kappa shape index (κ3) is 3.63. The Morgan fingerprint density at radius 3 is 2.54 bits per heavy atom. The molecule has 0 N–H and O–H groups in total. The maximum absolute atomic E-state index is 13.0. The molecule has 0 aliphatic rings. The Labute approximate surface area is 158 Å². The highest BCUT2D eigenvalue weighted by atomic mass is 19.1. The van der Waals surface area contributed by atoms with Gasteiger partial charge in [-0.25, -0.2) is 18.9 Å². The monoisotopic (exact) mass is 379 g/mol. The number of carbonyl (C=O) groups excluding carboxylic acids is 1. The molecule has 2 aromatic carbocycles. The van der Waals surface area contributed by atoms with Gasteiger partial charge in [0.25, 0.3) is 5.89 Å². The zero-order valence-corrected chi connectivity index (χ0v) is 14.7. The van der Waals surface area contributed by atoms with E-state index in [-0.39, 0.29) is 17.6 Å². The van der Waals surface area contributed by atoms with Gasteiger partial charge in [0.2, 0.25) is 5.89 Å². The lowest BCUT2D eigenvalue weighted by Crippen LogP contribution is -2.09. The number of esters is 1. The van der Waals surface area contributed by atoms with Gasteiger partial charge in [-0.15, -0.1) is 10.2 Å². The van der Waals surface area contributed by atoms with Gasteiger partial charge in [-0.1, -0.05) is 0 Å². The molecular weight excluding hydrogens is 365 g/mol. The van der Waals surface area contributed by atoms with Crippen molar-refractivity contribution >= 4 is 5.97 Å². The minimum atomic E-state index is -0.746. The molecule has 9 heteroatoms. The summed E-state index contributed by atoms with van der Waals surface area (Å²) in [5.41, 5.74) is 1.71. The van der Waals surface area contributed by atoms with Crippen LogP contribution in [0.25, 0.3) is 17.1 Å². The summed E-state index contributed by atoms with van der Waals surface area (Å²) in [6.45, 7) is 1.63. The van der Waals surface area contributed by atoms with Gasteiger partial charge in [-0.3, -0.25) is 0 Å². The smallest absolute Gasteiger partial charge is 0.338 e. The largest absolute Gasteiger partial charge is 0.449 e. The number of benzene rings is 2. The average Bonchev–Trinajstić information content (AvgIpc) is 3.41. The summed E-state index contributed by atoms with van der Waals surface area (Å²) in [6, 6.07) is 12.4. The zero-order valence-electron chi connectivity index (χ0n) is 14.7. The number of hydrogen-bond acceptors (Lipinski definition) is 7.